The third kappa shape index (κ3) is 0.911. The van der Waals surface area contributed by atoms with Gasteiger partial charge in [0.1, 0.15) is 0 Å². The van der Waals surface area contributed by atoms with Gasteiger partial charge < -0.3 is 5.84 Å². The highest BCUT2D eigenvalue weighted by molar-refractivity contribution is 5.23. The predicted molar refractivity (Wildman–Crippen MR) is 33.3 cm³/mol. The van der Waals surface area contributed by atoms with Gasteiger partial charge in [0.05, 0.1) is 0 Å². The second-order valence-electron chi connectivity index (χ2n) is 1.82. The summed E-state index contributed by atoms with van der Waals surface area (Å²) in [6, 6.07) is 0. The molecule has 9 nitrogen and oxygen atoms in total. The van der Waals surface area contributed by atoms with Crippen LogP contribution in [0.25, 0.3) is 0 Å². The largest absolute Gasteiger partial charge is 0.304 e. The monoisotopic (exact) mass is 155 g/mol. The number of rotatable bonds is 1. The van der Waals surface area contributed by atoms with Gasteiger partial charge in [0, 0.05) is 0 Å². The minimum Gasteiger partial charge on any atom is -0.304 e. The average molecular weight is 155 g/mol. The molecule has 0 aliphatic carbocycles. The number of nitrogens with two attached hydrogens (primary N) is 1. The van der Waals surface area contributed by atoms with Gasteiger partial charge in [-0.2, -0.15) is 5.53 Å². The molecule has 0 unspecified atom stereocenters. The Balaban J connectivity index is 2.17. The lowest BCUT2D eigenvalue weighted by Crippen LogP contribution is -2.30. The Bertz CT molecular complexity index is 265. The summed E-state index contributed by atoms with van der Waals surface area (Å²) in [5.41, 5.74) is 2.54. The first-order valence-corrected chi connectivity index (χ1v) is 2.81. The first kappa shape index (κ1) is 5.82. The summed E-state index contributed by atoms with van der Waals surface area (Å²) in [4.78, 5) is 0.870. The van der Waals surface area contributed by atoms with E-state index in [0.717, 1.165) is 4.91 Å². The normalized spacial score (nSPS) is 15.5. The van der Waals surface area contributed by atoms with Gasteiger partial charge in [0.25, 0.3) is 5.95 Å². The molecule has 0 atom stereocenters. The predicted octanol–water partition coefficient (Wildman–Crippen LogP) is -1.96. The summed E-state index contributed by atoms with van der Waals surface area (Å²) in [7, 11) is 0. The number of nitrogen functional groups attached to an aromatic ring is 1. The van der Waals surface area contributed by atoms with Crippen molar-refractivity contribution in [2.24, 2.45) is 10.3 Å². The molecule has 0 saturated heterocycles. The number of anilines is 1. The van der Waals surface area contributed by atoms with Crippen LogP contribution in [0.15, 0.2) is 10.3 Å². The molecule has 1 aromatic rings. The van der Waals surface area contributed by atoms with Crippen molar-refractivity contribution in [3.63, 3.8) is 0 Å². The maximum Gasteiger partial charge on any atom is 0.289 e. The van der Waals surface area contributed by atoms with Crippen molar-refractivity contribution in [2.75, 3.05) is 17.5 Å². The van der Waals surface area contributed by atoms with Gasteiger partial charge in [-0.1, -0.05) is 20.3 Å². The first-order valence-electron chi connectivity index (χ1n) is 2.81. The zero-order valence-corrected chi connectivity index (χ0v) is 5.41. The lowest BCUT2D eigenvalue weighted by Gasteiger charge is -2.06. The molecule has 0 spiro atoms. The lowest BCUT2D eigenvalue weighted by atomic mass is 10.9. The molecule has 1 aliphatic heterocycles. The van der Waals surface area contributed by atoms with Gasteiger partial charge in [-0.25, -0.2) is 5.01 Å². The van der Waals surface area contributed by atoms with Crippen LogP contribution >= 0.6 is 0 Å². The second-order valence-corrected chi connectivity index (χ2v) is 1.82. The summed E-state index contributed by atoms with van der Waals surface area (Å²) in [6.07, 6.45) is 0. The number of aromatic nitrogens is 4. The fourth-order valence-corrected chi connectivity index (χ4v) is 0.645. The van der Waals surface area contributed by atoms with Crippen molar-refractivity contribution >= 4 is 5.95 Å². The number of hydrogen-bond donors (Lipinski definition) is 2. The van der Waals surface area contributed by atoms with E-state index in [9.17, 15) is 0 Å². The van der Waals surface area contributed by atoms with Crippen LogP contribution in [0, 0.1) is 0 Å². The Labute approximate surface area is 60.8 Å². The maximum absolute atomic E-state index is 5.16. The molecule has 0 aromatic carbocycles. The third-order valence-corrected chi connectivity index (χ3v) is 1.10. The van der Waals surface area contributed by atoms with E-state index in [4.69, 9.17) is 5.84 Å². The van der Waals surface area contributed by atoms with E-state index in [1.54, 1.807) is 0 Å². The highest BCUT2D eigenvalue weighted by Crippen LogP contribution is 2.03. The molecule has 0 saturated carbocycles. The van der Waals surface area contributed by atoms with Crippen LogP contribution in [0.4, 0.5) is 5.95 Å². The van der Waals surface area contributed by atoms with Crippen LogP contribution in [0.2, 0.25) is 0 Å². The van der Waals surface area contributed by atoms with Crippen molar-refractivity contribution in [3.8, 4) is 0 Å². The van der Waals surface area contributed by atoms with E-state index in [0.29, 0.717) is 12.6 Å². The van der Waals surface area contributed by atoms with Crippen molar-refractivity contribution in [1.29, 1.82) is 0 Å². The zero-order valence-electron chi connectivity index (χ0n) is 5.41. The smallest absolute Gasteiger partial charge is 0.289 e. The highest BCUT2D eigenvalue weighted by atomic mass is 15.8. The maximum atomic E-state index is 5.16. The van der Waals surface area contributed by atoms with Crippen LogP contribution in [-0.2, 0) is 0 Å². The molecule has 2 heterocycles. The first-order chi connectivity index (χ1) is 5.36. The van der Waals surface area contributed by atoms with Gasteiger partial charge in [-0.3, -0.25) is 0 Å². The SMILES string of the molecule is Nn1nnc(N2CN=NN2)n1. The van der Waals surface area contributed by atoms with E-state index in [1.807, 2.05) is 0 Å². The Morgan fingerprint density at radius 1 is 1.55 bits per heavy atom. The molecule has 0 radical (unpaired) electrons. The Kier molecular flexibility index (Phi) is 1.08. The van der Waals surface area contributed by atoms with Crippen molar-refractivity contribution < 1.29 is 0 Å². The summed E-state index contributed by atoms with van der Waals surface area (Å²) in [5, 5.41) is 19.4. The van der Waals surface area contributed by atoms with Crippen LogP contribution in [-0.4, -0.2) is 27.0 Å². The summed E-state index contributed by atoms with van der Waals surface area (Å²) < 4.78 is 0. The van der Waals surface area contributed by atoms with Gasteiger partial charge in [0.2, 0.25) is 0 Å². The number of hydrazine groups is 1. The van der Waals surface area contributed by atoms with Crippen LogP contribution in [0.5, 0.6) is 0 Å². The van der Waals surface area contributed by atoms with Crippen LogP contribution in [0.1, 0.15) is 0 Å². The minimum atomic E-state index is 0.345. The zero-order chi connectivity index (χ0) is 7.68. The Hall–Kier alpha value is -1.93. The fourth-order valence-electron chi connectivity index (χ4n) is 0.645. The average Bonchev–Trinajstić information content (AvgIpc) is 2.55. The van der Waals surface area contributed by atoms with E-state index in [-0.39, 0.29) is 0 Å². The number of hydrogen-bond acceptors (Lipinski definition) is 8. The Morgan fingerprint density at radius 2 is 2.45 bits per heavy atom. The number of tetrazole rings is 1. The van der Waals surface area contributed by atoms with E-state index in [2.05, 4.69) is 31.3 Å². The van der Waals surface area contributed by atoms with Crippen molar-refractivity contribution in [2.45, 2.75) is 0 Å². The topological polar surface area (TPSA) is 110 Å². The molecule has 0 fully saturated rings. The quantitative estimate of drug-likeness (QED) is 0.455. The van der Waals surface area contributed by atoms with Gasteiger partial charge in [-0.05, 0) is 5.21 Å². The van der Waals surface area contributed by atoms with E-state index < -0.39 is 0 Å². The van der Waals surface area contributed by atoms with Crippen LogP contribution < -0.4 is 16.4 Å². The van der Waals surface area contributed by atoms with Gasteiger partial charge in [0.15, 0.2) is 6.67 Å². The highest BCUT2D eigenvalue weighted by Gasteiger charge is 2.13. The fraction of sp³-hybridized carbons (Fsp3) is 0.500. The summed E-state index contributed by atoms with van der Waals surface area (Å²) in [6.45, 7) is 0.367. The summed E-state index contributed by atoms with van der Waals surface area (Å²) in [5.74, 6) is 5.51. The number of nitrogens with one attached hydrogen (secondary N) is 1. The second kappa shape index (κ2) is 2.04. The lowest BCUT2D eigenvalue weighted by molar-refractivity contribution is 0.674. The molecule has 0 amide bonds. The number of nitrogens with zero attached hydrogens (tertiary/aromatic N) is 7. The Morgan fingerprint density at radius 3 is 3.00 bits per heavy atom. The van der Waals surface area contributed by atoms with Gasteiger partial charge >= 0.3 is 0 Å². The standard InChI is InChI=1S/C2H5N9/c3-11-6-2(5-8-11)10-1-4-7-9-10/h1,3H2,(H,4,9). The molecule has 1 aliphatic rings. The van der Waals surface area contributed by atoms with Crippen molar-refractivity contribution in [1.82, 2.24) is 25.9 Å². The molecule has 9 heteroatoms. The summed E-state index contributed by atoms with van der Waals surface area (Å²) >= 11 is 0. The molecule has 3 N–H and O–H groups in total. The van der Waals surface area contributed by atoms with Crippen LogP contribution in [0.3, 0.4) is 0 Å². The van der Waals surface area contributed by atoms with E-state index in [1.165, 1.54) is 5.01 Å². The molecule has 0 bridgehead atoms. The molecule has 1 aromatic heterocycles. The molecular weight excluding hydrogens is 150 g/mol. The van der Waals surface area contributed by atoms with Crippen molar-refractivity contribution in [3.05, 3.63) is 0 Å². The molecule has 11 heavy (non-hydrogen) atoms. The third-order valence-electron chi connectivity index (χ3n) is 1.10. The molecular formula is C2H5N9. The van der Waals surface area contributed by atoms with Gasteiger partial charge in [-0.15, -0.1) is 5.11 Å². The molecule has 58 valence electrons. The van der Waals surface area contributed by atoms with E-state index >= 15 is 0 Å². The minimum absolute atomic E-state index is 0.345. The molecule has 2 rings (SSSR count).